The lowest BCUT2D eigenvalue weighted by atomic mass is 10.1. The fourth-order valence-corrected chi connectivity index (χ4v) is 4.17. The van der Waals surface area contributed by atoms with Gasteiger partial charge in [0, 0.05) is 10.0 Å². The normalized spacial score (nSPS) is 12.0. The number of carbonyl (C=O) groups is 1. The molecule has 0 aliphatic rings. The van der Waals surface area contributed by atoms with Gasteiger partial charge in [-0.2, -0.15) is 0 Å². The van der Waals surface area contributed by atoms with Crippen LogP contribution in [-0.4, -0.2) is 22.6 Å². The number of carbonyl (C=O) groups excluding carboxylic acids is 1. The van der Waals surface area contributed by atoms with Crippen molar-refractivity contribution in [1.82, 2.24) is 14.9 Å². The average Bonchev–Trinajstić information content (AvgIpc) is 3.15. The van der Waals surface area contributed by atoms with Gasteiger partial charge in [0.2, 0.25) is 5.91 Å². The quantitative estimate of drug-likeness (QED) is 0.372. The summed E-state index contributed by atoms with van der Waals surface area (Å²) >= 11 is 12.5. The minimum absolute atomic E-state index is 0.0780. The topological polar surface area (TPSA) is 56.1 Å². The maximum atomic E-state index is 12.7. The van der Waals surface area contributed by atoms with Crippen LogP contribution in [0.15, 0.2) is 66.7 Å². The zero-order valence-electron chi connectivity index (χ0n) is 17.8. The Bertz CT molecular complexity index is 1250. The van der Waals surface area contributed by atoms with E-state index in [9.17, 15) is 4.79 Å². The predicted molar refractivity (Wildman–Crippen MR) is 129 cm³/mol. The number of rotatable bonds is 7. The molecule has 1 aromatic heterocycles. The van der Waals surface area contributed by atoms with Crippen molar-refractivity contribution < 1.29 is 9.53 Å². The molecule has 0 aliphatic heterocycles. The lowest BCUT2D eigenvalue weighted by molar-refractivity contribution is -0.121. The van der Waals surface area contributed by atoms with Crippen molar-refractivity contribution in [2.24, 2.45) is 0 Å². The van der Waals surface area contributed by atoms with E-state index in [1.807, 2.05) is 67.6 Å². The van der Waals surface area contributed by atoms with Crippen molar-refractivity contribution in [2.75, 3.05) is 7.11 Å². The molecule has 1 atom stereocenters. The molecule has 7 heteroatoms. The largest absolute Gasteiger partial charge is 0.497 e. The van der Waals surface area contributed by atoms with Crippen LogP contribution in [0.1, 0.15) is 29.9 Å². The predicted octanol–water partition coefficient (Wildman–Crippen LogP) is 5.82. The van der Waals surface area contributed by atoms with Gasteiger partial charge in [-0.05, 0) is 54.4 Å². The lowest BCUT2D eigenvalue weighted by Gasteiger charge is -2.17. The van der Waals surface area contributed by atoms with Gasteiger partial charge in [-0.25, -0.2) is 4.98 Å². The number of benzene rings is 3. The fraction of sp³-hybridized carbons (Fsp3) is 0.200. The van der Waals surface area contributed by atoms with E-state index in [0.29, 0.717) is 16.6 Å². The fourth-order valence-electron chi connectivity index (χ4n) is 3.70. The summed E-state index contributed by atoms with van der Waals surface area (Å²) in [4.78, 5) is 17.5. The number of para-hydroxylation sites is 2. The molecular formula is C25H23Cl2N3O2. The van der Waals surface area contributed by atoms with Gasteiger partial charge in [0.25, 0.3) is 0 Å². The molecule has 4 rings (SSSR count). The number of nitrogens with zero attached hydrogens (tertiary/aromatic N) is 2. The number of aromatic nitrogens is 2. The minimum Gasteiger partial charge on any atom is -0.497 e. The first kappa shape index (κ1) is 22.2. The van der Waals surface area contributed by atoms with Crippen LogP contribution in [0.3, 0.4) is 0 Å². The van der Waals surface area contributed by atoms with Gasteiger partial charge in [-0.3, -0.25) is 4.79 Å². The summed E-state index contributed by atoms with van der Waals surface area (Å²) in [5.74, 6) is 1.45. The number of methoxy groups -OCH3 is 1. The van der Waals surface area contributed by atoms with Crippen molar-refractivity contribution >= 4 is 40.1 Å². The number of nitrogens with one attached hydrogen (secondary N) is 1. The number of hydrogen-bond acceptors (Lipinski definition) is 3. The first-order valence-corrected chi connectivity index (χ1v) is 11.0. The van der Waals surface area contributed by atoms with Gasteiger partial charge in [0.05, 0.1) is 37.2 Å². The molecular weight excluding hydrogens is 445 g/mol. The van der Waals surface area contributed by atoms with Crippen LogP contribution >= 0.6 is 23.2 Å². The van der Waals surface area contributed by atoms with Crippen LogP contribution in [0, 0.1) is 0 Å². The average molecular weight is 468 g/mol. The van der Waals surface area contributed by atoms with Gasteiger partial charge >= 0.3 is 0 Å². The van der Waals surface area contributed by atoms with Gasteiger partial charge in [0.1, 0.15) is 11.6 Å². The van der Waals surface area contributed by atoms with Gasteiger partial charge in [-0.1, -0.05) is 53.5 Å². The molecule has 1 amide bonds. The molecule has 1 heterocycles. The van der Waals surface area contributed by atoms with Crippen molar-refractivity contribution in [3.8, 4) is 5.75 Å². The second-order valence-electron chi connectivity index (χ2n) is 7.59. The summed E-state index contributed by atoms with van der Waals surface area (Å²) in [6.45, 7) is 2.46. The molecule has 4 aromatic rings. The monoisotopic (exact) mass is 467 g/mol. The van der Waals surface area contributed by atoms with Crippen LogP contribution in [-0.2, 0) is 17.8 Å². The highest BCUT2D eigenvalue weighted by molar-refractivity contribution is 6.35. The number of amides is 1. The van der Waals surface area contributed by atoms with E-state index in [4.69, 9.17) is 32.9 Å². The third kappa shape index (κ3) is 4.90. The highest BCUT2D eigenvalue weighted by atomic mass is 35.5. The molecule has 3 aromatic carbocycles. The zero-order valence-corrected chi connectivity index (χ0v) is 19.3. The molecule has 5 nitrogen and oxygen atoms in total. The third-order valence-corrected chi connectivity index (χ3v) is 5.90. The molecule has 0 saturated carbocycles. The van der Waals surface area contributed by atoms with E-state index in [1.165, 1.54) is 0 Å². The molecule has 0 spiro atoms. The molecule has 1 unspecified atom stereocenters. The summed E-state index contributed by atoms with van der Waals surface area (Å²) in [5.41, 5.74) is 3.68. The Morgan fingerprint density at radius 2 is 1.84 bits per heavy atom. The minimum atomic E-state index is -0.292. The molecule has 0 radical (unpaired) electrons. The van der Waals surface area contributed by atoms with Crippen molar-refractivity contribution in [3.05, 3.63) is 93.7 Å². The molecule has 0 saturated heterocycles. The Kier molecular flexibility index (Phi) is 6.68. The summed E-state index contributed by atoms with van der Waals surface area (Å²) in [6.07, 6.45) is 0.275. The number of hydrogen-bond donors (Lipinski definition) is 1. The Labute approximate surface area is 196 Å². The summed E-state index contributed by atoms with van der Waals surface area (Å²) in [7, 11) is 1.62. The van der Waals surface area contributed by atoms with Crippen molar-refractivity contribution in [3.63, 3.8) is 0 Å². The van der Waals surface area contributed by atoms with E-state index in [0.717, 1.165) is 33.7 Å². The second-order valence-corrected chi connectivity index (χ2v) is 8.44. The van der Waals surface area contributed by atoms with E-state index in [-0.39, 0.29) is 18.4 Å². The van der Waals surface area contributed by atoms with Crippen LogP contribution in [0.25, 0.3) is 11.0 Å². The maximum Gasteiger partial charge on any atom is 0.224 e. The number of ether oxygens (including phenoxy) is 1. The Morgan fingerprint density at radius 3 is 2.56 bits per heavy atom. The highest BCUT2D eigenvalue weighted by Crippen LogP contribution is 2.26. The Balaban J connectivity index is 1.58. The number of imidazole rings is 1. The molecule has 0 fully saturated rings. The van der Waals surface area contributed by atoms with E-state index < -0.39 is 0 Å². The molecule has 0 aliphatic carbocycles. The summed E-state index contributed by atoms with van der Waals surface area (Å²) < 4.78 is 7.26. The van der Waals surface area contributed by atoms with Gasteiger partial charge in [-0.15, -0.1) is 0 Å². The first-order chi connectivity index (χ1) is 15.4. The molecule has 0 bridgehead atoms. The SMILES string of the molecule is COc1ccc(CC(=O)NC(C)c2nc3ccccc3n2Cc2ccc(Cl)cc2Cl)cc1. The maximum absolute atomic E-state index is 12.7. The Hall–Kier alpha value is -3.02. The van der Waals surface area contributed by atoms with Gasteiger partial charge in [0.15, 0.2) is 0 Å². The number of fused-ring (bicyclic) bond motifs is 1. The zero-order chi connectivity index (χ0) is 22.7. The lowest BCUT2D eigenvalue weighted by Crippen LogP contribution is -2.30. The van der Waals surface area contributed by atoms with Crippen molar-refractivity contribution in [1.29, 1.82) is 0 Å². The van der Waals surface area contributed by atoms with E-state index in [1.54, 1.807) is 13.2 Å². The number of halogens is 2. The third-order valence-electron chi connectivity index (χ3n) is 5.32. The van der Waals surface area contributed by atoms with Crippen LogP contribution in [0.4, 0.5) is 0 Å². The van der Waals surface area contributed by atoms with Crippen LogP contribution in [0.5, 0.6) is 5.75 Å². The molecule has 32 heavy (non-hydrogen) atoms. The van der Waals surface area contributed by atoms with E-state index in [2.05, 4.69) is 9.88 Å². The van der Waals surface area contributed by atoms with Crippen LogP contribution < -0.4 is 10.1 Å². The molecule has 1 N–H and O–H groups in total. The Morgan fingerprint density at radius 1 is 1.09 bits per heavy atom. The summed E-state index contributed by atoms with van der Waals surface area (Å²) in [6, 6.07) is 20.6. The highest BCUT2D eigenvalue weighted by Gasteiger charge is 2.19. The second kappa shape index (κ2) is 9.63. The standard InChI is InChI=1S/C25H23Cl2N3O2/c1-16(28-24(31)13-17-7-11-20(32-2)12-8-17)25-29-22-5-3-4-6-23(22)30(25)15-18-9-10-19(26)14-21(18)27/h3-12,14,16H,13,15H2,1-2H3,(H,28,31). The molecule has 164 valence electrons. The first-order valence-electron chi connectivity index (χ1n) is 10.3. The van der Waals surface area contributed by atoms with Crippen LogP contribution in [0.2, 0.25) is 10.0 Å². The smallest absolute Gasteiger partial charge is 0.224 e. The van der Waals surface area contributed by atoms with Crippen molar-refractivity contribution in [2.45, 2.75) is 25.9 Å². The van der Waals surface area contributed by atoms with Gasteiger partial charge < -0.3 is 14.6 Å². The van der Waals surface area contributed by atoms with E-state index >= 15 is 0 Å². The summed E-state index contributed by atoms with van der Waals surface area (Å²) in [5, 5.41) is 4.26.